The standard InChI is InChI=1S/C21H19ClN2O4S/c1-15-6-9-18(10-7-15)24(2)29(26,27)19-5-3-4-17(12-19)21(25)28-14-16-8-11-20(22)23-13-16/h3-13H,14H2,1-2H3. The Kier molecular flexibility index (Phi) is 6.20. The molecule has 0 radical (unpaired) electrons. The number of esters is 1. The molecular weight excluding hydrogens is 412 g/mol. The maximum atomic E-state index is 13.0. The van der Waals surface area contributed by atoms with E-state index in [2.05, 4.69) is 4.98 Å². The van der Waals surface area contributed by atoms with E-state index in [0.29, 0.717) is 16.4 Å². The summed E-state index contributed by atoms with van der Waals surface area (Å²) in [5, 5.41) is 0.343. The monoisotopic (exact) mass is 430 g/mol. The van der Waals surface area contributed by atoms with Crippen LogP contribution in [0.25, 0.3) is 0 Å². The Morgan fingerprint density at radius 2 is 1.83 bits per heavy atom. The molecular formula is C21H19ClN2O4S. The molecule has 3 rings (SSSR count). The molecule has 0 saturated heterocycles. The second-order valence-corrected chi connectivity index (χ2v) is 8.76. The van der Waals surface area contributed by atoms with Crippen molar-refractivity contribution in [1.82, 2.24) is 4.98 Å². The van der Waals surface area contributed by atoms with Crippen molar-refractivity contribution in [3.8, 4) is 0 Å². The molecule has 8 heteroatoms. The lowest BCUT2D eigenvalue weighted by Crippen LogP contribution is -2.26. The predicted octanol–water partition coefficient (Wildman–Crippen LogP) is 4.23. The Bertz CT molecular complexity index is 1110. The summed E-state index contributed by atoms with van der Waals surface area (Å²) in [6.07, 6.45) is 1.51. The molecule has 0 N–H and O–H groups in total. The maximum Gasteiger partial charge on any atom is 0.338 e. The summed E-state index contributed by atoms with van der Waals surface area (Å²) in [6, 6.07) is 16.2. The number of sulfonamides is 1. The van der Waals surface area contributed by atoms with E-state index in [9.17, 15) is 13.2 Å². The van der Waals surface area contributed by atoms with Gasteiger partial charge in [0.05, 0.1) is 16.1 Å². The van der Waals surface area contributed by atoms with Crippen LogP contribution in [-0.4, -0.2) is 26.4 Å². The zero-order chi connectivity index (χ0) is 21.0. The van der Waals surface area contributed by atoms with Crippen LogP contribution in [0.3, 0.4) is 0 Å². The fourth-order valence-corrected chi connectivity index (χ4v) is 3.91. The minimum atomic E-state index is -3.83. The van der Waals surface area contributed by atoms with Crippen molar-refractivity contribution in [2.24, 2.45) is 0 Å². The fourth-order valence-electron chi connectivity index (χ4n) is 2.56. The van der Waals surface area contributed by atoms with Gasteiger partial charge >= 0.3 is 5.97 Å². The molecule has 0 fully saturated rings. The third kappa shape index (κ3) is 4.93. The molecule has 6 nitrogen and oxygen atoms in total. The van der Waals surface area contributed by atoms with Gasteiger partial charge < -0.3 is 4.74 Å². The molecule has 2 aromatic carbocycles. The van der Waals surface area contributed by atoms with Gasteiger partial charge in [-0.2, -0.15) is 0 Å². The minimum Gasteiger partial charge on any atom is -0.457 e. The van der Waals surface area contributed by atoms with Crippen LogP contribution in [0, 0.1) is 6.92 Å². The van der Waals surface area contributed by atoms with E-state index in [1.807, 2.05) is 19.1 Å². The second kappa shape index (κ2) is 8.63. The average molecular weight is 431 g/mol. The number of carbonyl (C=O) groups is 1. The molecule has 3 aromatic rings. The van der Waals surface area contributed by atoms with Crippen LogP contribution >= 0.6 is 11.6 Å². The van der Waals surface area contributed by atoms with E-state index in [-0.39, 0.29) is 17.1 Å². The van der Waals surface area contributed by atoms with Gasteiger partial charge in [-0.1, -0.05) is 41.4 Å². The summed E-state index contributed by atoms with van der Waals surface area (Å²) in [7, 11) is -2.36. The number of anilines is 1. The van der Waals surface area contributed by atoms with Crippen LogP contribution in [0.2, 0.25) is 5.15 Å². The molecule has 1 aromatic heterocycles. The Morgan fingerprint density at radius 1 is 1.10 bits per heavy atom. The summed E-state index contributed by atoms with van der Waals surface area (Å²) in [4.78, 5) is 16.3. The van der Waals surface area contributed by atoms with Gasteiger partial charge in [-0.15, -0.1) is 0 Å². The van der Waals surface area contributed by atoms with Crippen molar-refractivity contribution in [1.29, 1.82) is 0 Å². The van der Waals surface area contributed by atoms with Gasteiger partial charge in [-0.3, -0.25) is 4.31 Å². The zero-order valence-corrected chi connectivity index (χ0v) is 17.4. The lowest BCUT2D eigenvalue weighted by Gasteiger charge is -2.20. The van der Waals surface area contributed by atoms with Crippen molar-refractivity contribution < 1.29 is 17.9 Å². The number of nitrogens with zero attached hydrogens (tertiary/aromatic N) is 2. The van der Waals surface area contributed by atoms with Gasteiger partial charge in [-0.25, -0.2) is 18.2 Å². The molecule has 1 heterocycles. The van der Waals surface area contributed by atoms with Gasteiger partial charge in [0.1, 0.15) is 11.8 Å². The lowest BCUT2D eigenvalue weighted by molar-refractivity contribution is 0.0472. The second-order valence-electron chi connectivity index (χ2n) is 6.40. The molecule has 0 amide bonds. The van der Waals surface area contributed by atoms with Gasteiger partial charge in [-0.05, 0) is 43.3 Å². The van der Waals surface area contributed by atoms with Gasteiger partial charge in [0, 0.05) is 18.8 Å². The first-order valence-corrected chi connectivity index (χ1v) is 10.5. The third-order valence-electron chi connectivity index (χ3n) is 4.28. The summed E-state index contributed by atoms with van der Waals surface area (Å²) in [5.41, 5.74) is 2.37. The first kappa shape index (κ1) is 20.8. The summed E-state index contributed by atoms with van der Waals surface area (Å²) in [6.45, 7) is 1.93. The Labute approximate surface area is 174 Å². The first-order chi connectivity index (χ1) is 13.8. The van der Waals surface area contributed by atoms with Crippen molar-refractivity contribution >= 4 is 33.3 Å². The smallest absolute Gasteiger partial charge is 0.338 e. The van der Waals surface area contributed by atoms with Crippen molar-refractivity contribution in [2.45, 2.75) is 18.4 Å². The number of ether oxygens (including phenoxy) is 1. The van der Waals surface area contributed by atoms with E-state index in [1.54, 1.807) is 24.3 Å². The van der Waals surface area contributed by atoms with Crippen LogP contribution < -0.4 is 4.31 Å². The molecule has 0 aliphatic rings. The number of aromatic nitrogens is 1. The highest BCUT2D eigenvalue weighted by Gasteiger charge is 2.22. The number of carbonyl (C=O) groups excluding carboxylic acids is 1. The number of pyridine rings is 1. The van der Waals surface area contributed by atoms with E-state index >= 15 is 0 Å². The van der Waals surface area contributed by atoms with E-state index in [0.717, 1.165) is 5.56 Å². The normalized spacial score (nSPS) is 11.1. The van der Waals surface area contributed by atoms with E-state index in [4.69, 9.17) is 16.3 Å². The molecule has 0 unspecified atom stereocenters. The van der Waals surface area contributed by atoms with E-state index in [1.165, 1.54) is 41.8 Å². The SMILES string of the molecule is Cc1ccc(N(C)S(=O)(=O)c2cccc(C(=O)OCc3ccc(Cl)nc3)c2)cc1. The molecule has 29 heavy (non-hydrogen) atoms. The number of hydrogen-bond donors (Lipinski definition) is 0. The summed E-state index contributed by atoms with van der Waals surface area (Å²) >= 11 is 5.73. The fraction of sp³-hybridized carbons (Fsp3) is 0.143. The van der Waals surface area contributed by atoms with Crippen LogP contribution in [0.4, 0.5) is 5.69 Å². The molecule has 0 saturated carbocycles. The Morgan fingerprint density at radius 3 is 2.48 bits per heavy atom. The largest absolute Gasteiger partial charge is 0.457 e. The zero-order valence-electron chi connectivity index (χ0n) is 15.9. The molecule has 0 atom stereocenters. The third-order valence-corrected chi connectivity index (χ3v) is 6.29. The highest BCUT2D eigenvalue weighted by Crippen LogP contribution is 2.23. The minimum absolute atomic E-state index is 0.00295. The molecule has 0 spiro atoms. The van der Waals surface area contributed by atoms with Crippen molar-refractivity contribution in [3.05, 3.63) is 88.7 Å². The molecule has 150 valence electrons. The molecule has 0 aliphatic heterocycles. The number of rotatable bonds is 6. The Hall–Kier alpha value is -2.90. The van der Waals surface area contributed by atoms with Crippen LogP contribution in [0.1, 0.15) is 21.5 Å². The molecule has 0 aliphatic carbocycles. The van der Waals surface area contributed by atoms with Gasteiger partial charge in [0.25, 0.3) is 10.0 Å². The average Bonchev–Trinajstić information content (AvgIpc) is 2.73. The van der Waals surface area contributed by atoms with Gasteiger partial charge in [0.2, 0.25) is 0 Å². The van der Waals surface area contributed by atoms with Crippen molar-refractivity contribution in [3.63, 3.8) is 0 Å². The van der Waals surface area contributed by atoms with Crippen LogP contribution in [0.15, 0.2) is 71.8 Å². The first-order valence-electron chi connectivity index (χ1n) is 8.70. The lowest BCUT2D eigenvalue weighted by atomic mass is 10.2. The number of benzene rings is 2. The number of halogens is 1. The van der Waals surface area contributed by atoms with Crippen LogP contribution in [0.5, 0.6) is 0 Å². The van der Waals surface area contributed by atoms with E-state index < -0.39 is 16.0 Å². The Balaban J connectivity index is 1.77. The number of hydrogen-bond acceptors (Lipinski definition) is 5. The quantitative estimate of drug-likeness (QED) is 0.432. The highest BCUT2D eigenvalue weighted by atomic mass is 35.5. The van der Waals surface area contributed by atoms with Crippen LogP contribution in [-0.2, 0) is 21.4 Å². The summed E-state index contributed by atoms with van der Waals surface area (Å²) in [5.74, 6) is -0.630. The maximum absolute atomic E-state index is 13.0. The topological polar surface area (TPSA) is 76.6 Å². The highest BCUT2D eigenvalue weighted by molar-refractivity contribution is 7.92. The molecule has 0 bridgehead atoms. The predicted molar refractivity (Wildman–Crippen MR) is 112 cm³/mol. The number of aryl methyl sites for hydroxylation is 1. The van der Waals surface area contributed by atoms with Gasteiger partial charge in [0.15, 0.2) is 0 Å². The van der Waals surface area contributed by atoms with Crippen molar-refractivity contribution in [2.75, 3.05) is 11.4 Å². The summed E-state index contributed by atoms with van der Waals surface area (Å²) < 4.78 is 32.3.